The third-order valence-corrected chi connectivity index (χ3v) is 3.48. The Morgan fingerprint density at radius 3 is 2.81 bits per heavy atom. The van der Waals surface area contributed by atoms with Crippen LogP contribution >= 0.6 is 0 Å². The van der Waals surface area contributed by atoms with Crippen molar-refractivity contribution in [2.24, 2.45) is 5.92 Å². The fourth-order valence-corrected chi connectivity index (χ4v) is 2.15. The molecule has 1 atom stereocenters. The smallest absolute Gasteiger partial charge is 0.326 e. The van der Waals surface area contributed by atoms with E-state index in [0.717, 1.165) is 24.2 Å². The van der Waals surface area contributed by atoms with Crippen LogP contribution in [0.4, 0.5) is 4.79 Å². The van der Waals surface area contributed by atoms with Gasteiger partial charge in [0.15, 0.2) is 0 Å². The zero-order valence-corrected chi connectivity index (χ0v) is 12.0. The topological polar surface area (TPSA) is 87.7 Å². The monoisotopic (exact) mass is 292 g/mol. The van der Waals surface area contributed by atoms with Gasteiger partial charge in [-0.1, -0.05) is 12.1 Å². The van der Waals surface area contributed by atoms with E-state index >= 15 is 0 Å². The average Bonchev–Trinajstić information content (AvgIpc) is 3.29. The van der Waals surface area contributed by atoms with Gasteiger partial charge in [-0.15, -0.1) is 0 Å². The predicted octanol–water partition coefficient (Wildman–Crippen LogP) is 1.40. The van der Waals surface area contributed by atoms with Crippen LogP contribution in [-0.4, -0.2) is 36.8 Å². The number of ether oxygens (including phenoxy) is 1. The number of aliphatic carboxylic acids is 1. The van der Waals surface area contributed by atoms with Crippen molar-refractivity contribution < 1.29 is 19.4 Å². The van der Waals surface area contributed by atoms with Gasteiger partial charge < -0.3 is 20.5 Å². The summed E-state index contributed by atoms with van der Waals surface area (Å²) in [7, 11) is 1.61. The molecule has 1 aliphatic carbocycles. The molecule has 0 heterocycles. The van der Waals surface area contributed by atoms with Crippen LogP contribution in [0.3, 0.4) is 0 Å². The van der Waals surface area contributed by atoms with Gasteiger partial charge in [-0.3, -0.25) is 0 Å². The summed E-state index contributed by atoms with van der Waals surface area (Å²) in [6, 6.07) is 6.40. The molecule has 6 nitrogen and oxygen atoms in total. The number of carboxylic acid groups (broad SMARTS) is 1. The van der Waals surface area contributed by atoms with E-state index in [1.807, 2.05) is 24.3 Å². The van der Waals surface area contributed by atoms with Crippen LogP contribution in [-0.2, 0) is 11.2 Å². The molecule has 2 amide bonds. The lowest BCUT2D eigenvalue weighted by Gasteiger charge is -2.14. The fraction of sp³-hybridized carbons (Fsp3) is 0.467. The van der Waals surface area contributed by atoms with Crippen LogP contribution < -0.4 is 15.4 Å². The van der Waals surface area contributed by atoms with Crippen molar-refractivity contribution in [3.05, 3.63) is 29.8 Å². The highest BCUT2D eigenvalue weighted by Crippen LogP contribution is 2.32. The Morgan fingerprint density at radius 1 is 1.43 bits per heavy atom. The van der Waals surface area contributed by atoms with E-state index in [4.69, 9.17) is 9.84 Å². The van der Waals surface area contributed by atoms with Gasteiger partial charge in [-0.05, 0) is 42.9 Å². The number of hydrogen-bond donors (Lipinski definition) is 3. The summed E-state index contributed by atoms with van der Waals surface area (Å²) in [4.78, 5) is 22.7. The molecule has 21 heavy (non-hydrogen) atoms. The zero-order valence-electron chi connectivity index (χ0n) is 12.0. The second-order valence-corrected chi connectivity index (χ2v) is 5.16. The first-order valence-electron chi connectivity index (χ1n) is 7.00. The van der Waals surface area contributed by atoms with Crippen molar-refractivity contribution in [2.75, 3.05) is 13.7 Å². The van der Waals surface area contributed by atoms with Crippen LogP contribution in [0.1, 0.15) is 18.4 Å². The number of methoxy groups -OCH3 is 1. The minimum Gasteiger partial charge on any atom is -0.497 e. The molecule has 2 rings (SSSR count). The maximum Gasteiger partial charge on any atom is 0.326 e. The Balaban J connectivity index is 1.74. The molecule has 0 aliphatic heterocycles. The summed E-state index contributed by atoms with van der Waals surface area (Å²) in [5.41, 5.74) is 1.05. The van der Waals surface area contributed by atoms with E-state index < -0.39 is 18.0 Å². The predicted molar refractivity (Wildman–Crippen MR) is 77.4 cm³/mol. The third kappa shape index (κ3) is 4.66. The van der Waals surface area contributed by atoms with Crippen molar-refractivity contribution in [3.8, 4) is 5.75 Å². The van der Waals surface area contributed by atoms with E-state index in [1.54, 1.807) is 7.11 Å². The minimum atomic E-state index is -0.972. The van der Waals surface area contributed by atoms with Gasteiger partial charge in [0.1, 0.15) is 11.8 Å². The highest BCUT2D eigenvalue weighted by Gasteiger charge is 2.37. The van der Waals surface area contributed by atoms with Crippen molar-refractivity contribution in [2.45, 2.75) is 25.3 Å². The van der Waals surface area contributed by atoms with E-state index in [2.05, 4.69) is 10.6 Å². The summed E-state index contributed by atoms with van der Waals surface area (Å²) < 4.78 is 5.13. The lowest BCUT2D eigenvalue weighted by Crippen LogP contribution is -2.47. The SMILES string of the molecule is COc1cccc(CCNC(=O)NC(C(=O)O)C2CC2)c1. The zero-order chi connectivity index (χ0) is 15.2. The number of carbonyl (C=O) groups is 2. The molecule has 1 fully saturated rings. The number of benzene rings is 1. The van der Waals surface area contributed by atoms with E-state index in [1.165, 1.54) is 0 Å². The first kappa shape index (κ1) is 15.2. The molecular formula is C15H20N2O4. The summed E-state index contributed by atoms with van der Waals surface area (Å²) in [5.74, 6) is -0.122. The molecule has 1 aromatic carbocycles. The number of rotatable bonds is 7. The fourth-order valence-electron chi connectivity index (χ4n) is 2.15. The van der Waals surface area contributed by atoms with Gasteiger partial charge in [0.2, 0.25) is 0 Å². The average molecular weight is 292 g/mol. The first-order chi connectivity index (χ1) is 10.1. The highest BCUT2D eigenvalue weighted by molar-refractivity contribution is 5.83. The lowest BCUT2D eigenvalue weighted by atomic mass is 10.1. The molecule has 1 aliphatic rings. The second-order valence-electron chi connectivity index (χ2n) is 5.16. The molecule has 6 heteroatoms. The van der Waals surface area contributed by atoms with Gasteiger partial charge in [0.25, 0.3) is 0 Å². The van der Waals surface area contributed by atoms with Crippen LogP contribution in [0.5, 0.6) is 5.75 Å². The number of carboxylic acids is 1. The Bertz CT molecular complexity index is 514. The van der Waals surface area contributed by atoms with Crippen LogP contribution in [0.15, 0.2) is 24.3 Å². The van der Waals surface area contributed by atoms with Crippen LogP contribution in [0.25, 0.3) is 0 Å². The molecule has 1 aromatic rings. The van der Waals surface area contributed by atoms with Gasteiger partial charge >= 0.3 is 12.0 Å². The van der Waals surface area contributed by atoms with Gasteiger partial charge in [-0.25, -0.2) is 9.59 Å². The molecule has 1 saturated carbocycles. The maximum absolute atomic E-state index is 11.7. The van der Waals surface area contributed by atoms with E-state index in [-0.39, 0.29) is 5.92 Å². The number of hydrogen-bond acceptors (Lipinski definition) is 3. The molecule has 0 saturated heterocycles. The van der Waals surface area contributed by atoms with Crippen LogP contribution in [0.2, 0.25) is 0 Å². The molecule has 0 aromatic heterocycles. The van der Waals surface area contributed by atoms with Crippen molar-refractivity contribution in [1.29, 1.82) is 0 Å². The first-order valence-corrected chi connectivity index (χ1v) is 7.00. The van der Waals surface area contributed by atoms with Crippen LogP contribution in [0, 0.1) is 5.92 Å². The Hall–Kier alpha value is -2.24. The Labute approximate surface area is 123 Å². The van der Waals surface area contributed by atoms with Crippen molar-refractivity contribution >= 4 is 12.0 Å². The van der Waals surface area contributed by atoms with Crippen molar-refractivity contribution in [1.82, 2.24) is 10.6 Å². The molecular weight excluding hydrogens is 272 g/mol. The standard InChI is InChI=1S/C15H20N2O4/c1-21-12-4-2-3-10(9-12)7-8-16-15(20)17-13(14(18)19)11-5-6-11/h2-4,9,11,13H,5-8H2,1H3,(H,18,19)(H2,16,17,20). The highest BCUT2D eigenvalue weighted by atomic mass is 16.5. The number of carbonyl (C=O) groups excluding carboxylic acids is 1. The van der Waals surface area contributed by atoms with Gasteiger partial charge in [0.05, 0.1) is 7.11 Å². The maximum atomic E-state index is 11.7. The number of urea groups is 1. The van der Waals surface area contributed by atoms with E-state index in [0.29, 0.717) is 13.0 Å². The number of amides is 2. The molecule has 3 N–H and O–H groups in total. The Morgan fingerprint density at radius 2 is 2.19 bits per heavy atom. The third-order valence-electron chi connectivity index (χ3n) is 3.48. The summed E-state index contributed by atoms with van der Waals surface area (Å²) >= 11 is 0. The summed E-state index contributed by atoms with van der Waals surface area (Å²) in [6.07, 6.45) is 2.38. The number of nitrogens with one attached hydrogen (secondary N) is 2. The largest absolute Gasteiger partial charge is 0.497 e. The molecule has 114 valence electrons. The lowest BCUT2D eigenvalue weighted by molar-refractivity contribution is -0.139. The van der Waals surface area contributed by atoms with Gasteiger partial charge in [0, 0.05) is 6.54 Å². The Kier molecular flexibility index (Phi) is 5.03. The molecule has 0 bridgehead atoms. The summed E-state index contributed by atoms with van der Waals surface area (Å²) in [5, 5.41) is 14.2. The van der Waals surface area contributed by atoms with Crippen molar-refractivity contribution in [3.63, 3.8) is 0 Å². The quantitative estimate of drug-likeness (QED) is 0.709. The molecule has 0 radical (unpaired) electrons. The van der Waals surface area contributed by atoms with Gasteiger partial charge in [-0.2, -0.15) is 0 Å². The minimum absolute atomic E-state index is 0.0756. The molecule has 0 spiro atoms. The molecule has 1 unspecified atom stereocenters. The second kappa shape index (κ2) is 6.97. The summed E-state index contributed by atoms with van der Waals surface area (Å²) in [6.45, 7) is 0.440. The normalized spacial score (nSPS) is 15.1. The van der Waals surface area contributed by atoms with E-state index in [9.17, 15) is 9.59 Å².